The van der Waals surface area contributed by atoms with Crippen LogP contribution in [0.3, 0.4) is 0 Å². The van der Waals surface area contributed by atoms with E-state index >= 15 is 0 Å². The lowest BCUT2D eigenvalue weighted by Gasteiger charge is -2.08. The van der Waals surface area contributed by atoms with Gasteiger partial charge in [0, 0.05) is 0 Å². The van der Waals surface area contributed by atoms with E-state index in [0.29, 0.717) is 5.82 Å². The summed E-state index contributed by atoms with van der Waals surface area (Å²) in [7, 11) is 0. The van der Waals surface area contributed by atoms with Crippen molar-refractivity contribution in [3.05, 3.63) is 52.1 Å². The molecule has 0 amide bonds. The van der Waals surface area contributed by atoms with Gasteiger partial charge < -0.3 is 9.72 Å². The number of rotatable bonds is 2. The van der Waals surface area contributed by atoms with Gasteiger partial charge in [0.05, 0.1) is 11.6 Å². The van der Waals surface area contributed by atoms with E-state index in [1.165, 1.54) is 12.1 Å². The Bertz CT molecular complexity index is 633. The highest BCUT2D eigenvalue weighted by Crippen LogP contribution is 2.30. The van der Waals surface area contributed by atoms with Crippen LogP contribution >= 0.6 is 0 Å². The number of alkyl halides is 3. The highest BCUT2D eigenvalue weighted by Gasteiger charge is 2.30. The lowest BCUT2D eigenvalue weighted by Crippen LogP contribution is -2.08. The first-order chi connectivity index (χ1) is 8.84. The summed E-state index contributed by atoms with van der Waals surface area (Å²) in [4.78, 5) is 17.5. The van der Waals surface area contributed by atoms with Gasteiger partial charge in [-0.2, -0.15) is 13.2 Å². The van der Waals surface area contributed by atoms with Crippen LogP contribution in [0.4, 0.5) is 13.2 Å². The van der Waals surface area contributed by atoms with Crippen LogP contribution in [0.2, 0.25) is 0 Å². The smallest absolute Gasteiger partial charge is 0.416 e. The van der Waals surface area contributed by atoms with Gasteiger partial charge in [-0.1, -0.05) is 0 Å². The molecule has 4 nitrogen and oxygen atoms in total. The van der Waals surface area contributed by atoms with Gasteiger partial charge in [-0.15, -0.1) is 0 Å². The largest absolute Gasteiger partial charge is 0.439 e. The van der Waals surface area contributed by atoms with Crippen molar-refractivity contribution >= 4 is 0 Å². The van der Waals surface area contributed by atoms with Crippen LogP contribution in [-0.2, 0) is 6.18 Å². The van der Waals surface area contributed by atoms with Gasteiger partial charge in [0.25, 0.3) is 5.56 Å². The average Bonchev–Trinajstić information content (AvgIpc) is 2.26. The van der Waals surface area contributed by atoms with Gasteiger partial charge in [-0.25, -0.2) is 4.98 Å². The standard InChI is InChI=1S/C12H9F3N2O2/c1-7-16-10(18)6-11(17-7)19-9-4-2-8(3-5-9)12(13,14)15/h2-6H,1H3,(H,16,17,18). The van der Waals surface area contributed by atoms with Crippen LogP contribution in [0, 0.1) is 6.92 Å². The fraction of sp³-hybridized carbons (Fsp3) is 0.167. The summed E-state index contributed by atoms with van der Waals surface area (Å²) in [5.41, 5.74) is -1.16. The second-order valence-electron chi connectivity index (χ2n) is 3.79. The fourth-order valence-corrected chi connectivity index (χ4v) is 1.44. The first kappa shape index (κ1) is 13.1. The molecular weight excluding hydrogens is 261 g/mol. The van der Waals surface area contributed by atoms with Crippen molar-refractivity contribution in [2.45, 2.75) is 13.1 Å². The molecule has 100 valence electrons. The van der Waals surface area contributed by atoms with Gasteiger partial charge >= 0.3 is 6.18 Å². The molecule has 0 fully saturated rings. The second-order valence-corrected chi connectivity index (χ2v) is 3.79. The summed E-state index contributed by atoms with van der Waals surface area (Å²) in [6.45, 7) is 1.57. The summed E-state index contributed by atoms with van der Waals surface area (Å²) in [5, 5.41) is 0. The Kier molecular flexibility index (Phi) is 3.28. The summed E-state index contributed by atoms with van der Waals surface area (Å²) in [6.07, 6.45) is -4.39. The maximum absolute atomic E-state index is 12.4. The number of benzene rings is 1. The number of aryl methyl sites for hydroxylation is 1. The van der Waals surface area contributed by atoms with Gasteiger partial charge in [0.15, 0.2) is 0 Å². The van der Waals surface area contributed by atoms with Crippen molar-refractivity contribution in [2.75, 3.05) is 0 Å². The van der Waals surface area contributed by atoms with Gasteiger partial charge in [0.2, 0.25) is 5.88 Å². The highest BCUT2D eigenvalue weighted by atomic mass is 19.4. The predicted molar refractivity (Wildman–Crippen MR) is 61.1 cm³/mol. The molecule has 0 unspecified atom stereocenters. The summed E-state index contributed by atoms with van der Waals surface area (Å²) in [6, 6.07) is 5.25. The number of ether oxygens (including phenoxy) is 1. The molecule has 0 spiro atoms. The quantitative estimate of drug-likeness (QED) is 0.912. The Morgan fingerprint density at radius 2 is 1.84 bits per heavy atom. The van der Waals surface area contributed by atoms with Gasteiger partial charge in [-0.3, -0.25) is 4.79 Å². The normalized spacial score (nSPS) is 11.4. The zero-order valence-corrected chi connectivity index (χ0v) is 9.78. The molecule has 0 aliphatic heterocycles. The van der Waals surface area contributed by atoms with Crippen molar-refractivity contribution in [1.82, 2.24) is 9.97 Å². The number of H-pyrrole nitrogens is 1. The van der Waals surface area contributed by atoms with Crippen molar-refractivity contribution < 1.29 is 17.9 Å². The summed E-state index contributed by atoms with van der Waals surface area (Å²) < 4.78 is 42.3. The molecule has 1 aromatic heterocycles. The van der Waals surface area contributed by atoms with E-state index in [2.05, 4.69) is 9.97 Å². The van der Waals surface area contributed by atoms with Crippen LogP contribution < -0.4 is 10.3 Å². The van der Waals surface area contributed by atoms with E-state index < -0.39 is 17.3 Å². The molecule has 0 aliphatic rings. The molecule has 0 saturated heterocycles. The van der Waals surface area contributed by atoms with E-state index in [9.17, 15) is 18.0 Å². The lowest BCUT2D eigenvalue weighted by atomic mass is 10.2. The van der Waals surface area contributed by atoms with Crippen molar-refractivity contribution in [3.8, 4) is 11.6 Å². The van der Waals surface area contributed by atoms with Gasteiger partial charge in [-0.05, 0) is 31.2 Å². The maximum atomic E-state index is 12.4. The molecule has 0 bridgehead atoms. The Labute approximate surface area is 105 Å². The maximum Gasteiger partial charge on any atom is 0.416 e. The number of hydrogen-bond donors (Lipinski definition) is 1. The highest BCUT2D eigenvalue weighted by molar-refractivity contribution is 5.31. The van der Waals surface area contributed by atoms with E-state index in [0.717, 1.165) is 18.2 Å². The molecule has 0 saturated carbocycles. The number of hydrogen-bond acceptors (Lipinski definition) is 3. The Balaban J connectivity index is 2.22. The number of aromatic nitrogens is 2. The van der Waals surface area contributed by atoms with Crippen molar-refractivity contribution in [3.63, 3.8) is 0 Å². The number of aromatic amines is 1. The minimum atomic E-state index is -4.39. The molecule has 19 heavy (non-hydrogen) atoms. The molecule has 2 aromatic rings. The van der Waals surface area contributed by atoms with E-state index in [1.807, 2.05) is 0 Å². The fourth-order valence-electron chi connectivity index (χ4n) is 1.44. The third-order valence-electron chi connectivity index (χ3n) is 2.24. The third-order valence-corrected chi connectivity index (χ3v) is 2.24. The first-order valence-corrected chi connectivity index (χ1v) is 5.28. The molecule has 1 N–H and O–H groups in total. The summed E-state index contributed by atoms with van der Waals surface area (Å²) in [5.74, 6) is 0.556. The van der Waals surface area contributed by atoms with Crippen LogP contribution in [-0.4, -0.2) is 9.97 Å². The molecular formula is C12H9F3N2O2. The van der Waals surface area contributed by atoms with Crippen LogP contribution in [0.1, 0.15) is 11.4 Å². The molecule has 1 aromatic carbocycles. The van der Waals surface area contributed by atoms with Crippen LogP contribution in [0.25, 0.3) is 0 Å². The second kappa shape index (κ2) is 4.75. The summed E-state index contributed by atoms with van der Waals surface area (Å²) >= 11 is 0. The van der Waals surface area contributed by atoms with Crippen molar-refractivity contribution in [1.29, 1.82) is 0 Å². The zero-order chi connectivity index (χ0) is 14.0. The minimum absolute atomic E-state index is 0.0287. The van der Waals surface area contributed by atoms with Crippen molar-refractivity contribution in [2.24, 2.45) is 0 Å². The first-order valence-electron chi connectivity index (χ1n) is 5.28. The number of nitrogens with zero attached hydrogens (tertiary/aromatic N) is 1. The molecule has 1 heterocycles. The third kappa shape index (κ3) is 3.34. The topological polar surface area (TPSA) is 55.0 Å². The number of halogens is 3. The molecule has 0 aliphatic carbocycles. The molecule has 2 rings (SSSR count). The average molecular weight is 270 g/mol. The Hall–Kier alpha value is -2.31. The van der Waals surface area contributed by atoms with Gasteiger partial charge in [0.1, 0.15) is 11.6 Å². The Morgan fingerprint density at radius 3 is 2.37 bits per heavy atom. The molecule has 7 heteroatoms. The molecule has 0 atom stereocenters. The Morgan fingerprint density at radius 1 is 1.21 bits per heavy atom. The lowest BCUT2D eigenvalue weighted by molar-refractivity contribution is -0.137. The monoisotopic (exact) mass is 270 g/mol. The minimum Gasteiger partial charge on any atom is -0.439 e. The number of nitrogens with one attached hydrogen (secondary N) is 1. The van der Waals surface area contributed by atoms with E-state index in [-0.39, 0.29) is 11.6 Å². The van der Waals surface area contributed by atoms with Crippen LogP contribution in [0.5, 0.6) is 11.6 Å². The SMILES string of the molecule is Cc1nc(Oc2ccc(C(F)(F)F)cc2)cc(=O)[nH]1. The molecule has 0 radical (unpaired) electrons. The van der Waals surface area contributed by atoms with Crippen LogP contribution in [0.15, 0.2) is 35.1 Å². The zero-order valence-electron chi connectivity index (χ0n) is 9.78. The van der Waals surface area contributed by atoms with E-state index in [1.54, 1.807) is 6.92 Å². The predicted octanol–water partition coefficient (Wildman–Crippen LogP) is 2.89. The van der Waals surface area contributed by atoms with E-state index in [4.69, 9.17) is 4.74 Å².